The standard InChI is InChI=1S/C14H25NOS/c1-15-8-5-13(6-9-15)12-17-11-3-4-14(17)7-10-16-2/h3-4,11,13,17H,5-10,12H2,1-2H3. The van der Waals surface area contributed by atoms with Crippen molar-refractivity contribution >= 4 is 10.9 Å². The average molecular weight is 255 g/mol. The second-order valence-electron chi connectivity index (χ2n) is 5.14. The van der Waals surface area contributed by atoms with Crippen molar-refractivity contribution in [2.45, 2.75) is 19.3 Å². The Morgan fingerprint density at radius 1 is 1.41 bits per heavy atom. The van der Waals surface area contributed by atoms with Crippen molar-refractivity contribution in [2.75, 3.05) is 39.6 Å². The van der Waals surface area contributed by atoms with Crippen LogP contribution in [0.4, 0.5) is 0 Å². The summed E-state index contributed by atoms with van der Waals surface area (Å²) in [4.78, 5) is 4.09. The molecular weight excluding hydrogens is 230 g/mol. The van der Waals surface area contributed by atoms with Gasteiger partial charge < -0.3 is 9.64 Å². The number of ether oxygens (including phenoxy) is 1. The molecule has 3 heteroatoms. The van der Waals surface area contributed by atoms with Crippen molar-refractivity contribution in [3.05, 3.63) is 22.5 Å². The van der Waals surface area contributed by atoms with Crippen LogP contribution in [0.3, 0.4) is 0 Å². The number of hydrogen-bond acceptors (Lipinski definition) is 2. The minimum Gasteiger partial charge on any atom is -0.384 e. The zero-order chi connectivity index (χ0) is 12.1. The fourth-order valence-electron chi connectivity index (χ4n) is 2.58. The lowest BCUT2D eigenvalue weighted by Crippen LogP contribution is -2.31. The maximum absolute atomic E-state index is 5.19. The maximum Gasteiger partial charge on any atom is 0.0507 e. The third-order valence-corrected chi connectivity index (χ3v) is 6.33. The van der Waals surface area contributed by atoms with Gasteiger partial charge in [-0.15, -0.1) is 0 Å². The van der Waals surface area contributed by atoms with Crippen LogP contribution in [0.1, 0.15) is 19.3 Å². The van der Waals surface area contributed by atoms with Gasteiger partial charge in [-0.05, 0) is 55.0 Å². The van der Waals surface area contributed by atoms with Crippen LogP contribution >= 0.6 is 10.9 Å². The number of likely N-dealkylation sites (tertiary alicyclic amines) is 1. The highest BCUT2D eigenvalue weighted by molar-refractivity contribution is 8.23. The van der Waals surface area contributed by atoms with Gasteiger partial charge in [0.2, 0.25) is 0 Å². The summed E-state index contributed by atoms with van der Waals surface area (Å²) >= 11 is 0. The lowest BCUT2D eigenvalue weighted by atomic mass is 10.00. The van der Waals surface area contributed by atoms with E-state index < -0.39 is 0 Å². The molecule has 0 radical (unpaired) electrons. The molecule has 0 saturated carbocycles. The van der Waals surface area contributed by atoms with E-state index in [0.717, 1.165) is 18.9 Å². The van der Waals surface area contributed by atoms with Gasteiger partial charge in [-0.1, -0.05) is 12.2 Å². The highest BCUT2D eigenvalue weighted by Crippen LogP contribution is 2.45. The second-order valence-corrected chi connectivity index (χ2v) is 7.32. The van der Waals surface area contributed by atoms with Crippen LogP contribution in [0.5, 0.6) is 0 Å². The number of piperidine rings is 1. The summed E-state index contributed by atoms with van der Waals surface area (Å²) in [6.07, 6.45) is 8.48. The lowest BCUT2D eigenvalue weighted by molar-refractivity contribution is 0.203. The molecule has 0 aromatic heterocycles. The SMILES string of the molecule is COCCC1=CC=C[SH]1CC1CCN(C)CC1. The van der Waals surface area contributed by atoms with Crippen molar-refractivity contribution in [3.8, 4) is 0 Å². The quantitative estimate of drug-likeness (QED) is 0.758. The Balaban J connectivity index is 1.78. The minimum absolute atomic E-state index is 0.0248. The fraction of sp³-hybridized carbons (Fsp3) is 0.714. The Bertz CT molecular complexity index is 293. The molecule has 2 nitrogen and oxygen atoms in total. The molecule has 0 amide bonds. The van der Waals surface area contributed by atoms with E-state index in [-0.39, 0.29) is 10.9 Å². The van der Waals surface area contributed by atoms with E-state index in [0.29, 0.717) is 0 Å². The van der Waals surface area contributed by atoms with E-state index in [2.05, 4.69) is 29.5 Å². The second kappa shape index (κ2) is 6.62. The first-order valence-corrected chi connectivity index (χ1v) is 8.20. The largest absolute Gasteiger partial charge is 0.384 e. The molecule has 0 bridgehead atoms. The van der Waals surface area contributed by atoms with E-state index >= 15 is 0 Å². The minimum atomic E-state index is 0.0248. The van der Waals surface area contributed by atoms with Crippen molar-refractivity contribution < 1.29 is 4.74 Å². The van der Waals surface area contributed by atoms with Crippen molar-refractivity contribution in [3.63, 3.8) is 0 Å². The summed E-state index contributed by atoms with van der Waals surface area (Å²) in [5, 5.41) is 2.44. The lowest BCUT2D eigenvalue weighted by Gasteiger charge is -2.32. The van der Waals surface area contributed by atoms with Crippen LogP contribution in [-0.4, -0.2) is 44.5 Å². The number of thiol groups is 1. The predicted molar refractivity (Wildman–Crippen MR) is 77.8 cm³/mol. The molecule has 0 aliphatic carbocycles. The van der Waals surface area contributed by atoms with Gasteiger partial charge in [0.25, 0.3) is 0 Å². The van der Waals surface area contributed by atoms with Gasteiger partial charge in [0.1, 0.15) is 0 Å². The van der Waals surface area contributed by atoms with Crippen LogP contribution in [0.15, 0.2) is 22.5 Å². The molecule has 1 unspecified atom stereocenters. The van der Waals surface area contributed by atoms with Crippen molar-refractivity contribution in [2.24, 2.45) is 5.92 Å². The van der Waals surface area contributed by atoms with Crippen LogP contribution in [0.25, 0.3) is 0 Å². The van der Waals surface area contributed by atoms with E-state index in [9.17, 15) is 0 Å². The van der Waals surface area contributed by atoms with Gasteiger partial charge in [-0.2, -0.15) is 0 Å². The predicted octanol–water partition coefficient (Wildman–Crippen LogP) is 2.78. The zero-order valence-electron chi connectivity index (χ0n) is 11.1. The molecule has 17 heavy (non-hydrogen) atoms. The molecule has 2 aliphatic heterocycles. The smallest absolute Gasteiger partial charge is 0.0507 e. The molecule has 0 aromatic carbocycles. The average Bonchev–Trinajstić information content (AvgIpc) is 2.77. The summed E-state index contributed by atoms with van der Waals surface area (Å²) in [5.74, 6) is 2.36. The number of rotatable bonds is 5. The number of hydrogen-bond donors (Lipinski definition) is 1. The number of nitrogens with zero attached hydrogens (tertiary/aromatic N) is 1. The Kier molecular flexibility index (Phi) is 5.14. The molecular formula is C14H25NOS. The normalized spacial score (nSPS) is 28.6. The van der Waals surface area contributed by atoms with Crippen LogP contribution in [0.2, 0.25) is 0 Å². The highest BCUT2D eigenvalue weighted by atomic mass is 32.2. The van der Waals surface area contributed by atoms with E-state index in [1.165, 1.54) is 31.7 Å². The van der Waals surface area contributed by atoms with Gasteiger partial charge >= 0.3 is 0 Å². The third-order valence-electron chi connectivity index (χ3n) is 3.78. The summed E-state index contributed by atoms with van der Waals surface area (Å²) in [7, 11) is 4.06. The Labute approximate surface area is 108 Å². The van der Waals surface area contributed by atoms with E-state index in [4.69, 9.17) is 4.74 Å². The van der Waals surface area contributed by atoms with E-state index in [1.807, 2.05) is 0 Å². The molecule has 1 fully saturated rings. The summed E-state index contributed by atoms with van der Waals surface area (Å²) in [5.41, 5.74) is 0. The third kappa shape index (κ3) is 3.87. The summed E-state index contributed by atoms with van der Waals surface area (Å²) in [6.45, 7) is 3.45. The molecule has 0 spiro atoms. The van der Waals surface area contributed by atoms with E-state index in [1.54, 1.807) is 12.0 Å². The van der Waals surface area contributed by atoms with Gasteiger partial charge in [0.05, 0.1) is 6.61 Å². The van der Waals surface area contributed by atoms with Crippen LogP contribution in [-0.2, 0) is 4.74 Å². The topological polar surface area (TPSA) is 12.5 Å². The molecule has 2 aliphatic rings. The summed E-state index contributed by atoms with van der Waals surface area (Å²) in [6, 6.07) is 0. The Morgan fingerprint density at radius 3 is 2.88 bits per heavy atom. The highest BCUT2D eigenvalue weighted by Gasteiger charge is 2.20. The maximum atomic E-state index is 5.19. The molecule has 1 saturated heterocycles. The first-order chi connectivity index (χ1) is 8.29. The van der Waals surface area contributed by atoms with Gasteiger partial charge in [0.15, 0.2) is 0 Å². The Morgan fingerprint density at radius 2 is 2.18 bits per heavy atom. The van der Waals surface area contributed by atoms with Gasteiger partial charge in [-0.25, -0.2) is 10.9 Å². The van der Waals surface area contributed by atoms with Crippen LogP contribution < -0.4 is 0 Å². The molecule has 0 N–H and O–H groups in total. The monoisotopic (exact) mass is 255 g/mol. The van der Waals surface area contributed by atoms with Crippen molar-refractivity contribution in [1.82, 2.24) is 4.90 Å². The summed E-state index contributed by atoms with van der Waals surface area (Å²) < 4.78 is 5.19. The molecule has 2 heterocycles. The first-order valence-electron chi connectivity index (χ1n) is 6.61. The first kappa shape index (κ1) is 13.2. The zero-order valence-corrected chi connectivity index (χ0v) is 12.0. The number of allylic oxidation sites excluding steroid dienone is 2. The fourth-order valence-corrected chi connectivity index (χ4v) is 5.00. The molecule has 0 aromatic rings. The molecule has 1 atom stereocenters. The van der Waals surface area contributed by atoms with Crippen LogP contribution in [0, 0.1) is 5.92 Å². The van der Waals surface area contributed by atoms with Crippen molar-refractivity contribution in [1.29, 1.82) is 0 Å². The van der Waals surface area contributed by atoms with Gasteiger partial charge in [-0.3, -0.25) is 0 Å². The number of methoxy groups -OCH3 is 1. The van der Waals surface area contributed by atoms with Gasteiger partial charge in [0, 0.05) is 13.5 Å². The Hall–Kier alpha value is -0.250. The molecule has 2 rings (SSSR count). The molecule has 98 valence electrons.